The van der Waals surface area contributed by atoms with E-state index in [1.807, 2.05) is 0 Å². The standard InChI is InChI=1S/C8H9Cl2N3O/c9-7-11-8(10)13(12-7)5-3-1-2-4-6(5)14/h5H,1-4H2. The molecule has 6 heteroatoms. The van der Waals surface area contributed by atoms with Gasteiger partial charge in [-0.1, -0.05) is 6.42 Å². The second kappa shape index (κ2) is 3.87. The maximum Gasteiger partial charge on any atom is 0.243 e. The summed E-state index contributed by atoms with van der Waals surface area (Å²) in [5.41, 5.74) is 0. The van der Waals surface area contributed by atoms with Crippen LogP contribution in [0.25, 0.3) is 0 Å². The van der Waals surface area contributed by atoms with Crippen molar-refractivity contribution in [3.05, 3.63) is 10.6 Å². The monoisotopic (exact) mass is 233 g/mol. The van der Waals surface area contributed by atoms with E-state index in [0.717, 1.165) is 19.3 Å². The number of hydrogen-bond donors (Lipinski definition) is 0. The molecule has 2 rings (SSSR count). The first-order valence-electron chi connectivity index (χ1n) is 4.49. The van der Waals surface area contributed by atoms with E-state index in [4.69, 9.17) is 23.2 Å². The second-order valence-electron chi connectivity index (χ2n) is 3.32. The highest BCUT2D eigenvalue weighted by molar-refractivity contribution is 6.31. The molecule has 14 heavy (non-hydrogen) atoms. The summed E-state index contributed by atoms with van der Waals surface area (Å²) in [5, 5.41) is 4.18. The Kier molecular flexibility index (Phi) is 2.74. The van der Waals surface area contributed by atoms with Gasteiger partial charge in [0, 0.05) is 6.42 Å². The van der Waals surface area contributed by atoms with Crippen molar-refractivity contribution in [3.8, 4) is 0 Å². The van der Waals surface area contributed by atoms with Crippen LogP contribution in [0.4, 0.5) is 0 Å². The lowest BCUT2D eigenvalue weighted by molar-refractivity contribution is -0.124. The summed E-state index contributed by atoms with van der Waals surface area (Å²) in [6, 6.07) is -0.267. The first kappa shape index (κ1) is 9.93. The lowest BCUT2D eigenvalue weighted by atomic mass is 9.94. The van der Waals surface area contributed by atoms with E-state index >= 15 is 0 Å². The molecule has 0 amide bonds. The summed E-state index contributed by atoms with van der Waals surface area (Å²) in [7, 11) is 0. The van der Waals surface area contributed by atoms with E-state index in [1.54, 1.807) is 0 Å². The zero-order chi connectivity index (χ0) is 10.1. The fourth-order valence-corrected chi connectivity index (χ4v) is 2.14. The summed E-state index contributed by atoms with van der Waals surface area (Å²) in [6.07, 6.45) is 3.34. The Morgan fingerprint density at radius 1 is 1.36 bits per heavy atom. The van der Waals surface area contributed by atoms with Gasteiger partial charge in [0.15, 0.2) is 5.78 Å². The fourth-order valence-electron chi connectivity index (χ4n) is 1.70. The Morgan fingerprint density at radius 2 is 2.14 bits per heavy atom. The molecule has 0 aliphatic heterocycles. The normalized spacial score (nSPS) is 22.7. The van der Waals surface area contributed by atoms with Crippen LogP contribution in [0, 0.1) is 0 Å². The highest BCUT2D eigenvalue weighted by Crippen LogP contribution is 2.27. The first-order chi connectivity index (χ1) is 6.68. The van der Waals surface area contributed by atoms with Crippen molar-refractivity contribution in [1.82, 2.24) is 14.8 Å². The van der Waals surface area contributed by atoms with Crippen molar-refractivity contribution < 1.29 is 4.79 Å². The van der Waals surface area contributed by atoms with Gasteiger partial charge in [0.2, 0.25) is 10.6 Å². The van der Waals surface area contributed by atoms with Crippen LogP contribution in [-0.4, -0.2) is 20.5 Å². The van der Waals surface area contributed by atoms with Crippen molar-refractivity contribution >= 4 is 29.0 Å². The summed E-state index contributed by atoms with van der Waals surface area (Å²) in [6.45, 7) is 0. The Bertz CT molecular complexity index is 363. The maximum absolute atomic E-state index is 11.6. The first-order valence-corrected chi connectivity index (χ1v) is 5.24. The highest BCUT2D eigenvalue weighted by atomic mass is 35.5. The molecule has 1 aliphatic carbocycles. The molecule has 0 saturated heterocycles. The molecule has 1 aromatic heterocycles. The van der Waals surface area contributed by atoms with E-state index < -0.39 is 0 Å². The van der Waals surface area contributed by atoms with E-state index in [0.29, 0.717) is 6.42 Å². The maximum atomic E-state index is 11.6. The van der Waals surface area contributed by atoms with Crippen molar-refractivity contribution in [3.63, 3.8) is 0 Å². The highest BCUT2D eigenvalue weighted by Gasteiger charge is 2.26. The van der Waals surface area contributed by atoms with Crippen molar-refractivity contribution in [1.29, 1.82) is 0 Å². The Labute approximate surface area is 91.2 Å². The molecule has 1 atom stereocenters. The molecule has 1 heterocycles. The minimum atomic E-state index is -0.267. The van der Waals surface area contributed by atoms with Gasteiger partial charge in [-0.2, -0.15) is 4.98 Å². The average Bonchev–Trinajstić information content (AvgIpc) is 2.46. The predicted octanol–water partition coefficient (Wildman–Crippen LogP) is 2.27. The zero-order valence-electron chi connectivity index (χ0n) is 7.41. The van der Waals surface area contributed by atoms with E-state index in [2.05, 4.69) is 10.1 Å². The number of carbonyl (C=O) groups is 1. The third kappa shape index (κ3) is 1.77. The van der Waals surface area contributed by atoms with Crippen LogP contribution in [0.15, 0.2) is 0 Å². The van der Waals surface area contributed by atoms with Gasteiger partial charge in [-0.25, -0.2) is 4.68 Å². The summed E-state index contributed by atoms with van der Waals surface area (Å²) in [4.78, 5) is 15.3. The zero-order valence-corrected chi connectivity index (χ0v) is 8.92. The molecule has 1 fully saturated rings. The number of Topliss-reactive ketones (excluding diaryl/α,β-unsaturated/α-hetero) is 1. The summed E-state index contributed by atoms with van der Waals surface area (Å²) >= 11 is 11.4. The van der Waals surface area contributed by atoms with E-state index in [1.165, 1.54) is 4.68 Å². The van der Waals surface area contributed by atoms with Crippen molar-refractivity contribution in [2.45, 2.75) is 31.7 Å². The molecule has 1 saturated carbocycles. The van der Waals surface area contributed by atoms with Crippen LogP contribution >= 0.6 is 23.2 Å². The van der Waals surface area contributed by atoms with Gasteiger partial charge in [0.05, 0.1) is 0 Å². The van der Waals surface area contributed by atoms with Crippen LogP contribution in [0.2, 0.25) is 10.6 Å². The molecular weight excluding hydrogens is 225 g/mol. The number of rotatable bonds is 1. The molecular formula is C8H9Cl2N3O. The largest absolute Gasteiger partial charge is 0.297 e. The minimum Gasteiger partial charge on any atom is -0.297 e. The summed E-state index contributed by atoms with van der Waals surface area (Å²) in [5.74, 6) is 0.166. The Balaban J connectivity index is 2.28. The molecule has 1 unspecified atom stereocenters. The van der Waals surface area contributed by atoms with Crippen molar-refractivity contribution in [2.24, 2.45) is 0 Å². The number of hydrogen-bond acceptors (Lipinski definition) is 3. The van der Waals surface area contributed by atoms with Gasteiger partial charge in [0.25, 0.3) is 0 Å². The number of halogens is 2. The van der Waals surface area contributed by atoms with E-state index in [-0.39, 0.29) is 22.4 Å². The fraction of sp³-hybridized carbons (Fsp3) is 0.625. The molecule has 1 aliphatic rings. The number of nitrogens with zero attached hydrogens (tertiary/aromatic N) is 3. The lowest BCUT2D eigenvalue weighted by Crippen LogP contribution is -2.24. The number of carbonyl (C=O) groups excluding carboxylic acids is 1. The van der Waals surface area contributed by atoms with Gasteiger partial charge in [-0.3, -0.25) is 4.79 Å². The molecule has 0 radical (unpaired) electrons. The van der Waals surface area contributed by atoms with Crippen LogP contribution in [0.1, 0.15) is 31.7 Å². The van der Waals surface area contributed by atoms with Crippen LogP contribution in [0.3, 0.4) is 0 Å². The lowest BCUT2D eigenvalue weighted by Gasteiger charge is -2.20. The molecule has 0 spiro atoms. The van der Waals surface area contributed by atoms with E-state index in [9.17, 15) is 4.79 Å². The molecule has 0 bridgehead atoms. The Hall–Kier alpha value is -0.610. The van der Waals surface area contributed by atoms with Crippen LogP contribution < -0.4 is 0 Å². The molecule has 0 aromatic carbocycles. The predicted molar refractivity (Wildman–Crippen MR) is 52.6 cm³/mol. The third-order valence-corrected chi connectivity index (χ3v) is 2.80. The topological polar surface area (TPSA) is 47.8 Å². The number of aromatic nitrogens is 3. The SMILES string of the molecule is O=C1CCCCC1n1nc(Cl)nc1Cl. The van der Waals surface area contributed by atoms with Gasteiger partial charge in [-0.05, 0) is 36.0 Å². The molecule has 4 nitrogen and oxygen atoms in total. The van der Waals surface area contributed by atoms with Gasteiger partial charge < -0.3 is 0 Å². The molecule has 0 N–H and O–H groups in total. The Morgan fingerprint density at radius 3 is 2.71 bits per heavy atom. The van der Waals surface area contributed by atoms with Gasteiger partial charge in [0.1, 0.15) is 6.04 Å². The smallest absolute Gasteiger partial charge is 0.243 e. The van der Waals surface area contributed by atoms with Crippen LogP contribution in [-0.2, 0) is 4.79 Å². The third-order valence-electron chi connectivity index (χ3n) is 2.38. The molecule has 1 aromatic rings. The quantitative estimate of drug-likeness (QED) is 0.748. The molecule has 76 valence electrons. The second-order valence-corrected chi connectivity index (χ2v) is 4.00. The number of ketones is 1. The van der Waals surface area contributed by atoms with Gasteiger partial charge >= 0.3 is 0 Å². The van der Waals surface area contributed by atoms with Crippen molar-refractivity contribution in [2.75, 3.05) is 0 Å². The van der Waals surface area contributed by atoms with Crippen LogP contribution in [0.5, 0.6) is 0 Å². The average molecular weight is 234 g/mol. The summed E-state index contributed by atoms with van der Waals surface area (Å²) < 4.78 is 1.42. The van der Waals surface area contributed by atoms with Gasteiger partial charge in [-0.15, -0.1) is 5.10 Å². The minimum absolute atomic E-state index is 0.0911.